The Kier molecular flexibility index (Phi) is 5.99. The fraction of sp³-hybridized carbons (Fsp3) is 0.222. The summed E-state index contributed by atoms with van der Waals surface area (Å²) in [6, 6.07) is 7.60. The summed E-state index contributed by atoms with van der Waals surface area (Å²) >= 11 is 1.19. The molecule has 3 aromatic rings. The monoisotopic (exact) mass is 398 g/mol. The summed E-state index contributed by atoms with van der Waals surface area (Å²) in [5, 5.41) is 18.2. The first-order valence-electron chi connectivity index (χ1n) is 8.51. The second kappa shape index (κ2) is 8.61. The van der Waals surface area contributed by atoms with E-state index in [9.17, 15) is 14.9 Å². The molecule has 0 atom stereocenters. The summed E-state index contributed by atoms with van der Waals surface area (Å²) in [5.74, 6) is -0.214. The molecule has 0 bridgehead atoms. The zero-order chi connectivity index (χ0) is 20.1. The Labute approximate surface area is 165 Å². The zero-order valence-electron chi connectivity index (χ0n) is 15.3. The Morgan fingerprint density at radius 1 is 1.36 bits per heavy atom. The van der Waals surface area contributed by atoms with Gasteiger partial charge in [0.15, 0.2) is 5.16 Å². The number of nitrogens with zero attached hydrogens (tertiary/aromatic N) is 5. The van der Waals surface area contributed by atoms with E-state index in [0.717, 1.165) is 23.5 Å². The van der Waals surface area contributed by atoms with Crippen LogP contribution in [0.15, 0.2) is 47.9 Å². The molecule has 0 aliphatic carbocycles. The second-order valence-electron chi connectivity index (χ2n) is 5.83. The number of non-ortho nitro benzene ring substituents is 1. The highest BCUT2D eigenvalue weighted by molar-refractivity contribution is 7.99. The average Bonchev–Trinajstić information content (AvgIpc) is 3.07. The van der Waals surface area contributed by atoms with Gasteiger partial charge in [0.25, 0.3) is 5.69 Å². The van der Waals surface area contributed by atoms with Crippen LogP contribution in [0.25, 0.3) is 11.3 Å². The van der Waals surface area contributed by atoms with E-state index < -0.39 is 4.92 Å². The topological polar surface area (TPSA) is 116 Å². The summed E-state index contributed by atoms with van der Waals surface area (Å²) in [6.07, 6.45) is 3.41. The van der Waals surface area contributed by atoms with Crippen LogP contribution in [-0.2, 0) is 11.3 Å². The van der Waals surface area contributed by atoms with Crippen LogP contribution in [0.2, 0.25) is 0 Å². The number of thioether (sulfide) groups is 1. The maximum atomic E-state index is 12.1. The first kappa shape index (κ1) is 19.5. The smallest absolute Gasteiger partial charge is 0.271 e. The molecule has 0 aliphatic rings. The number of aryl methyl sites for hydroxylation is 1. The van der Waals surface area contributed by atoms with Gasteiger partial charge in [-0.05, 0) is 26.0 Å². The third-order valence-electron chi connectivity index (χ3n) is 3.99. The molecule has 2 heterocycles. The molecule has 0 radical (unpaired) electrons. The SMILES string of the molecule is CCn1ncc(-c2ccnc(SCC(=O)Nc3cccc([N+](=O)[O-])c3)n2)c1C. The second-order valence-corrected chi connectivity index (χ2v) is 6.77. The molecule has 2 aromatic heterocycles. The number of carbonyl (C=O) groups is 1. The molecular formula is C18H18N6O3S. The van der Waals surface area contributed by atoms with Crippen molar-refractivity contribution in [2.24, 2.45) is 0 Å². The first-order valence-corrected chi connectivity index (χ1v) is 9.49. The number of hydrogen-bond donors (Lipinski definition) is 1. The molecular weight excluding hydrogens is 380 g/mol. The Balaban J connectivity index is 1.64. The van der Waals surface area contributed by atoms with E-state index in [2.05, 4.69) is 20.4 Å². The minimum Gasteiger partial charge on any atom is -0.325 e. The van der Waals surface area contributed by atoms with Gasteiger partial charge in [0.2, 0.25) is 5.91 Å². The number of nitrogens with one attached hydrogen (secondary N) is 1. The minimum absolute atomic E-state index is 0.0792. The Bertz CT molecular complexity index is 1020. The molecule has 1 aromatic carbocycles. The molecule has 0 aliphatic heterocycles. The number of carbonyl (C=O) groups excluding carboxylic acids is 1. The molecule has 0 saturated heterocycles. The van der Waals surface area contributed by atoms with E-state index >= 15 is 0 Å². The van der Waals surface area contributed by atoms with Crippen LogP contribution in [0.1, 0.15) is 12.6 Å². The van der Waals surface area contributed by atoms with Crippen molar-refractivity contribution in [2.75, 3.05) is 11.1 Å². The van der Waals surface area contributed by atoms with Crippen molar-refractivity contribution >= 4 is 29.0 Å². The largest absolute Gasteiger partial charge is 0.325 e. The van der Waals surface area contributed by atoms with Gasteiger partial charge in [-0.1, -0.05) is 17.8 Å². The van der Waals surface area contributed by atoms with Gasteiger partial charge in [-0.3, -0.25) is 19.6 Å². The summed E-state index contributed by atoms with van der Waals surface area (Å²) in [4.78, 5) is 31.1. The predicted molar refractivity (Wildman–Crippen MR) is 106 cm³/mol. The van der Waals surface area contributed by atoms with Crippen molar-refractivity contribution < 1.29 is 9.72 Å². The van der Waals surface area contributed by atoms with Gasteiger partial charge >= 0.3 is 0 Å². The van der Waals surface area contributed by atoms with Gasteiger partial charge in [-0.2, -0.15) is 5.10 Å². The van der Waals surface area contributed by atoms with Crippen molar-refractivity contribution in [1.29, 1.82) is 0 Å². The van der Waals surface area contributed by atoms with Crippen LogP contribution < -0.4 is 5.32 Å². The Hall–Kier alpha value is -3.27. The highest BCUT2D eigenvalue weighted by atomic mass is 32.2. The lowest BCUT2D eigenvalue weighted by atomic mass is 10.2. The number of hydrogen-bond acceptors (Lipinski definition) is 7. The lowest BCUT2D eigenvalue weighted by Gasteiger charge is -2.06. The zero-order valence-corrected chi connectivity index (χ0v) is 16.1. The van der Waals surface area contributed by atoms with Gasteiger partial charge in [-0.25, -0.2) is 9.97 Å². The fourth-order valence-corrected chi connectivity index (χ4v) is 3.23. The molecule has 0 saturated carbocycles. The van der Waals surface area contributed by atoms with Gasteiger partial charge in [-0.15, -0.1) is 0 Å². The Morgan fingerprint density at radius 3 is 2.89 bits per heavy atom. The van der Waals surface area contributed by atoms with Crippen LogP contribution in [-0.4, -0.2) is 36.3 Å². The van der Waals surface area contributed by atoms with E-state index in [4.69, 9.17) is 0 Å². The highest BCUT2D eigenvalue weighted by Gasteiger charge is 2.12. The summed E-state index contributed by atoms with van der Waals surface area (Å²) in [5.41, 5.74) is 2.98. The van der Waals surface area contributed by atoms with Crippen LogP contribution in [0.3, 0.4) is 0 Å². The van der Waals surface area contributed by atoms with Crippen molar-refractivity contribution in [3.63, 3.8) is 0 Å². The number of benzene rings is 1. The van der Waals surface area contributed by atoms with E-state index in [-0.39, 0.29) is 17.3 Å². The normalized spacial score (nSPS) is 10.6. The number of anilines is 1. The van der Waals surface area contributed by atoms with Crippen molar-refractivity contribution in [2.45, 2.75) is 25.5 Å². The van der Waals surface area contributed by atoms with Gasteiger partial charge in [0.1, 0.15) is 0 Å². The number of aromatic nitrogens is 4. The maximum Gasteiger partial charge on any atom is 0.271 e. The summed E-state index contributed by atoms with van der Waals surface area (Å²) in [7, 11) is 0. The number of nitro groups is 1. The Morgan fingerprint density at radius 2 is 2.18 bits per heavy atom. The molecule has 0 fully saturated rings. The molecule has 3 rings (SSSR count). The lowest BCUT2D eigenvalue weighted by molar-refractivity contribution is -0.384. The van der Waals surface area contributed by atoms with Crippen LogP contribution in [0, 0.1) is 17.0 Å². The minimum atomic E-state index is -0.508. The number of amides is 1. The molecule has 0 unspecified atom stereocenters. The van der Waals surface area contributed by atoms with Gasteiger partial charge in [0, 0.05) is 41.8 Å². The van der Waals surface area contributed by atoms with Crippen molar-refractivity contribution in [3.05, 3.63) is 58.5 Å². The fourth-order valence-electron chi connectivity index (χ4n) is 2.60. The molecule has 28 heavy (non-hydrogen) atoms. The third-order valence-corrected chi connectivity index (χ3v) is 4.85. The molecule has 9 nitrogen and oxygen atoms in total. The average molecular weight is 398 g/mol. The van der Waals surface area contributed by atoms with E-state index in [1.54, 1.807) is 24.5 Å². The lowest BCUT2D eigenvalue weighted by Crippen LogP contribution is -2.14. The highest BCUT2D eigenvalue weighted by Crippen LogP contribution is 2.23. The molecule has 1 N–H and O–H groups in total. The first-order chi connectivity index (χ1) is 13.5. The molecule has 1 amide bonds. The van der Waals surface area contributed by atoms with Crippen molar-refractivity contribution in [3.8, 4) is 11.3 Å². The molecule has 0 spiro atoms. The maximum absolute atomic E-state index is 12.1. The van der Waals surface area contributed by atoms with Crippen molar-refractivity contribution in [1.82, 2.24) is 19.7 Å². The number of rotatable bonds is 7. The predicted octanol–water partition coefficient (Wildman–Crippen LogP) is 3.31. The van der Waals surface area contributed by atoms with E-state index in [1.807, 2.05) is 18.5 Å². The molecule has 144 valence electrons. The van der Waals surface area contributed by atoms with Gasteiger partial charge in [0.05, 0.1) is 22.6 Å². The van der Waals surface area contributed by atoms with E-state index in [1.165, 1.54) is 30.0 Å². The van der Waals surface area contributed by atoms with Crippen LogP contribution in [0.4, 0.5) is 11.4 Å². The van der Waals surface area contributed by atoms with Gasteiger partial charge < -0.3 is 5.32 Å². The standard InChI is InChI=1S/C18H18N6O3S/c1-3-23-12(2)15(10-20-23)16-7-8-19-18(22-16)28-11-17(25)21-13-5-4-6-14(9-13)24(26)27/h4-10H,3,11H2,1-2H3,(H,21,25). The number of nitro benzene ring substituents is 1. The van der Waals surface area contributed by atoms with E-state index in [0.29, 0.717) is 10.8 Å². The van der Waals surface area contributed by atoms with Crippen LogP contribution >= 0.6 is 11.8 Å². The quantitative estimate of drug-likeness (QED) is 0.281. The summed E-state index contributed by atoms with van der Waals surface area (Å²) < 4.78 is 1.89. The van der Waals surface area contributed by atoms with Crippen LogP contribution in [0.5, 0.6) is 0 Å². The molecule has 10 heteroatoms. The third kappa shape index (κ3) is 4.52. The summed E-state index contributed by atoms with van der Waals surface area (Å²) in [6.45, 7) is 4.77.